The highest BCUT2D eigenvalue weighted by Crippen LogP contribution is 2.31. The Morgan fingerprint density at radius 1 is 0.935 bits per heavy atom. The van der Waals surface area contributed by atoms with Crippen molar-refractivity contribution >= 4 is 26.5 Å². The number of nitrogens with zero attached hydrogens (tertiary/aromatic N) is 1. The summed E-state index contributed by atoms with van der Waals surface area (Å²) >= 11 is 0. The maximum absolute atomic E-state index is 13.7. The van der Waals surface area contributed by atoms with E-state index < -0.39 is 16.1 Å². The van der Waals surface area contributed by atoms with Crippen molar-refractivity contribution in [3.8, 4) is 0 Å². The van der Waals surface area contributed by atoms with Crippen molar-refractivity contribution in [2.45, 2.75) is 37.2 Å². The topological polar surface area (TPSA) is 62.0 Å². The fraction of sp³-hybridized carbons (Fsp3) is 0.360. The summed E-state index contributed by atoms with van der Waals surface area (Å²) in [6.07, 6.45) is 2.82. The Kier molecular flexibility index (Phi) is 6.60. The first-order valence-electron chi connectivity index (χ1n) is 11.0. The summed E-state index contributed by atoms with van der Waals surface area (Å²) in [5.41, 5.74) is 1.61. The molecule has 1 heterocycles. The number of piperidine rings is 1. The molecule has 1 atom stereocenters. The van der Waals surface area contributed by atoms with E-state index in [0.29, 0.717) is 12.2 Å². The normalized spacial score (nSPS) is 16.3. The summed E-state index contributed by atoms with van der Waals surface area (Å²) in [5, 5.41) is 12.8. The SMILES string of the molecule is Cc1ccc(S(=O)(=O)N(C[C@@H](O)C[NH+]2CCCCC2)c2cccc3ccccc23)cc1. The quantitative estimate of drug-likeness (QED) is 0.595. The van der Waals surface area contributed by atoms with E-state index in [0.717, 1.165) is 42.3 Å². The molecule has 1 aliphatic heterocycles. The lowest BCUT2D eigenvalue weighted by Gasteiger charge is -2.30. The lowest BCUT2D eigenvalue weighted by Crippen LogP contribution is -3.14. The van der Waals surface area contributed by atoms with Crippen LogP contribution in [0.3, 0.4) is 0 Å². The van der Waals surface area contributed by atoms with Crippen LogP contribution in [0.15, 0.2) is 71.6 Å². The fourth-order valence-corrected chi connectivity index (χ4v) is 5.96. The lowest BCUT2D eigenvalue weighted by atomic mass is 10.1. The molecular formula is C25H31N2O3S+. The number of quaternary nitrogens is 1. The Labute approximate surface area is 185 Å². The number of likely N-dealkylation sites (tertiary alicyclic amines) is 1. The van der Waals surface area contributed by atoms with Crippen molar-refractivity contribution in [3.63, 3.8) is 0 Å². The smallest absolute Gasteiger partial charge is 0.264 e. The van der Waals surface area contributed by atoms with Crippen molar-refractivity contribution < 1.29 is 18.4 Å². The van der Waals surface area contributed by atoms with Gasteiger partial charge in [-0.05, 0) is 49.8 Å². The molecule has 0 spiro atoms. The van der Waals surface area contributed by atoms with Gasteiger partial charge in [0.15, 0.2) is 0 Å². The van der Waals surface area contributed by atoms with Crippen LogP contribution >= 0.6 is 0 Å². The Balaban J connectivity index is 1.72. The number of sulfonamides is 1. The second-order valence-corrected chi connectivity index (χ2v) is 10.4. The van der Waals surface area contributed by atoms with Crippen LogP contribution in [0.2, 0.25) is 0 Å². The number of fused-ring (bicyclic) bond motifs is 1. The van der Waals surface area contributed by atoms with E-state index in [4.69, 9.17) is 0 Å². The number of hydrogen-bond donors (Lipinski definition) is 2. The number of aliphatic hydroxyl groups is 1. The zero-order valence-corrected chi connectivity index (χ0v) is 18.8. The van der Waals surface area contributed by atoms with Gasteiger partial charge in [0.2, 0.25) is 0 Å². The van der Waals surface area contributed by atoms with Crippen molar-refractivity contribution in [3.05, 3.63) is 72.3 Å². The van der Waals surface area contributed by atoms with Crippen LogP contribution in [0, 0.1) is 6.92 Å². The Bertz CT molecular complexity index is 1120. The van der Waals surface area contributed by atoms with E-state index in [-0.39, 0.29) is 11.4 Å². The first kappa shape index (κ1) is 21.8. The minimum Gasteiger partial charge on any atom is -0.385 e. The number of aliphatic hydroxyl groups excluding tert-OH is 1. The third-order valence-electron chi connectivity index (χ3n) is 6.11. The molecule has 1 saturated heterocycles. The molecule has 0 radical (unpaired) electrons. The van der Waals surface area contributed by atoms with Gasteiger partial charge in [-0.3, -0.25) is 4.31 Å². The van der Waals surface area contributed by atoms with Crippen LogP contribution in [0.5, 0.6) is 0 Å². The minimum atomic E-state index is -3.83. The molecule has 3 aromatic rings. The third kappa shape index (κ3) is 4.92. The zero-order chi connectivity index (χ0) is 21.8. The Hall–Kier alpha value is -2.41. The molecule has 2 N–H and O–H groups in total. The average molecular weight is 440 g/mol. The summed E-state index contributed by atoms with van der Waals surface area (Å²) in [6.45, 7) is 4.61. The highest BCUT2D eigenvalue weighted by molar-refractivity contribution is 7.92. The molecule has 1 aliphatic rings. The van der Waals surface area contributed by atoms with Gasteiger partial charge in [0.1, 0.15) is 12.6 Å². The van der Waals surface area contributed by atoms with Crippen molar-refractivity contribution in [1.29, 1.82) is 0 Å². The second kappa shape index (κ2) is 9.39. The monoisotopic (exact) mass is 439 g/mol. The molecule has 0 aliphatic carbocycles. The van der Waals surface area contributed by atoms with Crippen LogP contribution in [-0.2, 0) is 10.0 Å². The summed E-state index contributed by atoms with van der Waals surface area (Å²) in [5.74, 6) is 0. The molecule has 0 amide bonds. The first-order chi connectivity index (χ1) is 14.9. The summed E-state index contributed by atoms with van der Waals surface area (Å²) in [4.78, 5) is 1.59. The molecule has 0 unspecified atom stereocenters. The molecular weight excluding hydrogens is 408 g/mol. The number of benzene rings is 3. The highest BCUT2D eigenvalue weighted by Gasteiger charge is 2.30. The van der Waals surface area contributed by atoms with Crippen LogP contribution in [0.4, 0.5) is 5.69 Å². The van der Waals surface area contributed by atoms with Crippen molar-refractivity contribution in [2.24, 2.45) is 0 Å². The van der Waals surface area contributed by atoms with Gasteiger partial charge in [0, 0.05) is 5.39 Å². The summed E-state index contributed by atoms with van der Waals surface area (Å²) in [7, 11) is -3.83. The number of nitrogens with one attached hydrogen (secondary N) is 1. The molecule has 4 rings (SSSR count). The van der Waals surface area contributed by atoms with Gasteiger partial charge >= 0.3 is 0 Å². The minimum absolute atomic E-state index is 0.0354. The average Bonchev–Trinajstić information content (AvgIpc) is 2.78. The van der Waals surface area contributed by atoms with Crippen molar-refractivity contribution in [1.82, 2.24) is 0 Å². The van der Waals surface area contributed by atoms with Gasteiger partial charge < -0.3 is 10.0 Å². The summed E-state index contributed by atoms with van der Waals surface area (Å²) in [6, 6.07) is 20.3. The molecule has 0 saturated carbocycles. The van der Waals surface area contributed by atoms with Gasteiger partial charge in [-0.2, -0.15) is 0 Å². The van der Waals surface area contributed by atoms with Crippen LogP contribution in [0.1, 0.15) is 24.8 Å². The van der Waals surface area contributed by atoms with Gasteiger partial charge in [-0.1, -0.05) is 54.1 Å². The lowest BCUT2D eigenvalue weighted by molar-refractivity contribution is -0.907. The number of rotatable bonds is 7. The molecule has 5 nitrogen and oxygen atoms in total. The largest absolute Gasteiger partial charge is 0.385 e. The maximum atomic E-state index is 13.7. The van der Waals surface area contributed by atoms with Gasteiger partial charge in [0.05, 0.1) is 30.2 Å². The van der Waals surface area contributed by atoms with Crippen LogP contribution in [0.25, 0.3) is 10.8 Å². The van der Waals surface area contributed by atoms with E-state index >= 15 is 0 Å². The maximum Gasteiger partial charge on any atom is 0.264 e. The van der Waals surface area contributed by atoms with Gasteiger partial charge in [0.25, 0.3) is 10.0 Å². The third-order valence-corrected chi connectivity index (χ3v) is 7.90. The predicted octanol–water partition coefficient (Wildman–Crippen LogP) is 2.77. The predicted molar refractivity (Wildman–Crippen MR) is 125 cm³/mol. The highest BCUT2D eigenvalue weighted by atomic mass is 32.2. The summed E-state index contributed by atoms with van der Waals surface area (Å²) < 4.78 is 28.8. The van der Waals surface area contributed by atoms with Crippen molar-refractivity contribution in [2.75, 3.05) is 30.5 Å². The van der Waals surface area contributed by atoms with E-state index in [9.17, 15) is 13.5 Å². The number of hydrogen-bond acceptors (Lipinski definition) is 3. The van der Waals surface area contributed by atoms with E-state index in [1.807, 2.05) is 61.5 Å². The number of anilines is 1. The van der Waals surface area contributed by atoms with Gasteiger partial charge in [-0.25, -0.2) is 8.42 Å². The van der Waals surface area contributed by atoms with Crippen LogP contribution < -0.4 is 9.21 Å². The van der Waals surface area contributed by atoms with E-state index in [1.54, 1.807) is 12.1 Å². The van der Waals surface area contributed by atoms with E-state index in [2.05, 4.69) is 0 Å². The molecule has 164 valence electrons. The van der Waals surface area contributed by atoms with Gasteiger partial charge in [-0.15, -0.1) is 0 Å². The first-order valence-corrected chi connectivity index (χ1v) is 12.5. The Morgan fingerprint density at radius 2 is 1.61 bits per heavy atom. The Morgan fingerprint density at radius 3 is 2.35 bits per heavy atom. The van der Waals surface area contributed by atoms with Crippen LogP contribution in [-0.4, -0.2) is 45.8 Å². The second-order valence-electron chi connectivity index (χ2n) is 8.52. The van der Waals surface area contributed by atoms with E-state index in [1.165, 1.54) is 15.6 Å². The molecule has 3 aromatic carbocycles. The standard InChI is InChI=1S/C25H30N2O3S/c1-20-12-14-23(15-13-20)31(29,30)27(19-22(28)18-26-16-5-2-6-17-26)25-11-7-9-21-8-3-4-10-24(21)25/h3-4,7-15,22,28H,2,5-6,16-19H2,1H3/p+1/t22-/m0/s1. The molecule has 0 bridgehead atoms. The number of aryl methyl sites for hydroxylation is 1. The zero-order valence-electron chi connectivity index (χ0n) is 18.0. The molecule has 0 aromatic heterocycles. The molecule has 1 fully saturated rings. The molecule has 31 heavy (non-hydrogen) atoms. The fourth-order valence-electron chi connectivity index (χ4n) is 4.43. The molecule has 6 heteroatoms.